The molecular weight excluding hydrogens is 447 g/mol. The minimum absolute atomic E-state index is 0.136. The van der Waals surface area contributed by atoms with Gasteiger partial charge in [-0.15, -0.1) is 13.2 Å². The summed E-state index contributed by atoms with van der Waals surface area (Å²) in [5, 5.41) is 5.75. The lowest BCUT2D eigenvalue weighted by Crippen LogP contribution is -2.45. The number of hydrogen-bond acceptors (Lipinski definition) is 5. The average molecular weight is 479 g/mol. The van der Waals surface area contributed by atoms with Crippen LogP contribution >= 0.6 is 0 Å². The molecule has 0 unspecified atom stereocenters. The van der Waals surface area contributed by atoms with Crippen LogP contribution in [0.2, 0.25) is 0 Å². The second-order valence-electron chi connectivity index (χ2n) is 8.37. The van der Waals surface area contributed by atoms with Gasteiger partial charge in [0, 0.05) is 24.5 Å². The number of rotatable bonds is 11. The van der Waals surface area contributed by atoms with Gasteiger partial charge < -0.3 is 21.1 Å². The molecule has 1 fully saturated rings. The minimum Gasteiger partial charge on any atom is -0.667 e. The first-order valence-electron chi connectivity index (χ1n) is 10.7. The van der Waals surface area contributed by atoms with Crippen LogP contribution in [-0.2, 0) is 14.6 Å². The molecule has 0 heterocycles. The summed E-state index contributed by atoms with van der Waals surface area (Å²) in [7, 11) is -3.25. The molecule has 7 nitrogen and oxygen atoms in total. The quantitative estimate of drug-likeness (QED) is 0.493. The molecule has 1 aliphatic carbocycles. The lowest BCUT2D eigenvalue weighted by molar-refractivity contribution is -0.274. The second-order valence-corrected chi connectivity index (χ2v) is 10.6. The Hall–Kier alpha value is -2.01. The van der Waals surface area contributed by atoms with Crippen molar-refractivity contribution in [1.82, 2.24) is 5.32 Å². The molecule has 1 aromatic carbocycles. The van der Waals surface area contributed by atoms with Gasteiger partial charge >= 0.3 is 6.36 Å². The van der Waals surface area contributed by atoms with E-state index in [-0.39, 0.29) is 24.5 Å². The fraction of sp³-hybridized carbons (Fsp3) is 0.667. The zero-order valence-corrected chi connectivity index (χ0v) is 18.9. The largest absolute Gasteiger partial charge is 0.667 e. The Bertz CT molecular complexity index is 826. The van der Waals surface area contributed by atoms with Gasteiger partial charge in [0.05, 0.1) is 5.75 Å². The second kappa shape index (κ2) is 11.7. The van der Waals surface area contributed by atoms with Crippen LogP contribution in [0.4, 0.5) is 18.9 Å². The van der Waals surface area contributed by atoms with E-state index in [9.17, 15) is 26.4 Å². The molecular formula is C21H31F3N3O4S-. The number of ether oxygens (including phenoxy) is 1. The third-order valence-corrected chi connectivity index (χ3v) is 6.41. The number of amides is 1. The van der Waals surface area contributed by atoms with Crippen molar-refractivity contribution in [3.8, 4) is 5.75 Å². The average Bonchev–Trinajstić information content (AvgIpc) is 2.70. The van der Waals surface area contributed by atoms with E-state index in [0.29, 0.717) is 18.0 Å². The number of carbonyl (C=O) groups is 1. The summed E-state index contributed by atoms with van der Waals surface area (Å²) in [6.07, 6.45) is 2.44. The Kier molecular flexibility index (Phi) is 9.63. The van der Waals surface area contributed by atoms with Gasteiger partial charge in [0.2, 0.25) is 5.91 Å². The topological polar surface area (TPSA) is 108 Å². The summed E-state index contributed by atoms with van der Waals surface area (Å²) in [5.41, 5.74) is 8.69. The van der Waals surface area contributed by atoms with Crippen molar-refractivity contribution in [2.75, 3.05) is 23.9 Å². The number of nitrogens with one attached hydrogen (secondary N) is 3. The van der Waals surface area contributed by atoms with Crippen molar-refractivity contribution in [1.29, 1.82) is 0 Å². The van der Waals surface area contributed by atoms with Crippen molar-refractivity contribution in [3.05, 3.63) is 30.0 Å². The van der Waals surface area contributed by atoms with Crippen LogP contribution in [0.1, 0.15) is 44.9 Å². The summed E-state index contributed by atoms with van der Waals surface area (Å²) < 4.78 is 63.8. The highest BCUT2D eigenvalue weighted by Gasteiger charge is 2.31. The van der Waals surface area contributed by atoms with E-state index in [4.69, 9.17) is 5.73 Å². The van der Waals surface area contributed by atoms with E-state index in [1.807, 2.05) is 0 Å². The molecule has 1 amide bonds. The van der Waals surface area contributed by atoms with Crippen LogP contribution in [-0.4, -0.2) is 51.3 Å². The minimum atomic E-state index is -4.78. The van der Waals surface area contributed by atoms with E-state index in [1.165, 1.54) is 18.6 Å². The van der Waals surface area contributed by atoms with E-state index in [2.05, 4.69) is 15.4 Å². The smallest absolute Gasteiger partial charge is 0.573 e. The molecule has 2 rings (SSSR count). The van der Waals surface area contributed by atoms with E-state index in [0.717, 1.165) is 44.1 Å². The van der Waals surface area contributed by atoms with Crippen LogP contribution in [0.5, 0.6) is 5.75 Å². The van der Waals surface area contributed by atoms with E-state index >= 15 is 0 Å². The van der Waals surface area contributed by atoms with Crippen molar-refractivity contribution < 1.29 is 31.1 Å². The Morgan fingerprint density at radius 1 is 1.19 bits per heavy atom. The maximum atomic E-state index is 12.5. The van der Waals surface area contributed by atoms with Gasteiger partial charge in [-0.05, 0) is 36.6 Å². The number of anilines is 1. The summed E-state index contributed by atoms with van der Waals surface area (Å²) >= 11 is 0. The molecule has 0 radical (unpaired) electrons. The normalized spacial score (nSPS) is 17.4. The van der Waals surface area contributed by atoms with Crippen LogP contribution in [0.25, 0.3) is 5.73 Å². The molecule has 182 valence electrons. The van der Waals surface area contributed by atoms with Crippen LogP contribution < -0.4 is 15.4 Å². The number of sulfone groups is 1. The zero-order valence-electron chi connectivity index (χ0n) is 18.1. The zero-order chi connectivity index (χ0) is 23.8. The maximum absolute atomic E-state index is 12.5. The fourth-order valence-electron chi connectivity index (χ4n) is 3.76. The lowest BCUT2D eigenvalue weighted by Gasteiger charge is -2.30. The molecule has 32 heavy (non-hydrogen) atoms. The fourth-order valence-corrected chi connectivity index (χ4v) is 4.47. The molecule has 0 aromatic heterocycles. The Labute approximate surface area is 187 Å². The molecule has 1 aliphatic rings. The Balaban J connectivity index is 1.93. The summed E-state index contributed by atoms with van der Waals surface area (Å²) in [6.45, 7) is 0.164. The predicted octanol–water partition coefficient (Wildman–Crippen LogP) is 4.31. The Morgan fingerprint density at radius 3 is 2.38 bits per heavy atom. The molecule has 0 saturated heterocycles. The van der Waals surface area contributed by atoms with Gasteiger partial charge in [0.15, 0.2) is 0 Å². The number of halogens is 3. The summed E-state index contributed by atoms with van der Waals surface area (Å²) in [5.74, 6) is -0.569. The standard InChI is InChI=1S/C21H31F3N3O4S/c1-32(29,30)12-11-17(27-20(28)19(25)13-15-5-3-2-4-6-15)14-26-16-7-9-18(10-8-16)31-21(22,23)24/h7-10,15,17,19,25-26H,2-6,11-14H2,1H3,(H,27,28)/q-1/t17-,19-/m0/s1. The van der Waals surface area contributed by atoms with Crippen LogP contribution in [0, 0.1) is 5.92 Å². The first kappa shape index (κ1) is 26.2. The van der Waals surface area contributed by atoms with Crippen molar-refractivity contribution in [2.45, 2.75) is 63.4 Å². The third-order valence-electron chi connectivity index (χ3n) is 5.43. The summed E-state index contributed by atoms with van der Waals surface area (Å²) in [4.78, 5) is 12.5. The third kappa shape index (κ3) is 10.5. The first-order valence-corrected chi connectivity index (χ1v) is 12.8. The molecule has 2 atom stereocenters. The van der Waals surface area contributed by atoms with Crippen molar-refractivity contribution in [3.63, 3.8) is 0 Å². The highest BCUT2D eigenvalue weighted by atomic mass is 32.2. The molecule has 0 aliphatic heterocycles. The molecule has 0 bridgehead atoms. The molecule has 3 N–H and O–H groups in total. The lowest BCUT2D eigenvalue weighted by atomic mass is 9.85. The highest BCUT2D eigenvalue weighted by Crippen LogP contribution is 2.28. The number of hydrogen-bond donors (Lipinski definition) is 2. The maximum Gasteiger partial charge on any atom is 0.573 e. The number of alkyl halides is 3. The van der Waals surface area contributed by atoms with E-state index in [1.54, 1.807) is 0 Å². The molecule has 11 heteroatoms. The Morgan fingerprint density at radius 2 is 1.81 bits per heavy atom. The molecule has 1 saturated carbocycles. The monoisotopic (exact) mass is 478 g/mol. The SMILES string of the molecule is CS(=O)(=O)CC[C@@H](CNc1ccc(OC(F)(F)F)cc1)NC(=O)[C@@H]([NH-])CC1CCCCC1. The van der Waals surface area contributed by atoms with Gasteiger partial charge in [-0.2, -0.15) is 0 Å². The predicted molar refractivity (Wildman–Crippen MR) is 117 cm³/mol. The molecule has 1 aromatic rings. The van der Waals surface area contributed by atoms with Gasteiger partial charge in [0.25, 0.3) is 0 Å². The van der Waals surface area contributed by atoms with Gasteiger partial charge in [-0.1, -0.05) is 44.6 Å². The highest BCUT2D eigenvalue weighted by molar-refractivity contribution is 7.90. The van der Waals surface area contributed by atoms with Gasteiger partial charge in [-0.3, -0.25) is 4.79 Å². The van der Waals surface area contributed by atoms with Gasteiger partial charge in [0.1, 0.15) is 15.6 Å². The van der Waals surface area contributed by atoms with Crippen LogP contribution in [0.3, 0.4) is 0 Å². The number of carbonyl (C=O) groups excluding carboxylic acids is 1. The first-order chi connectivity index (χ1) is 14.9. The van der Waals surface area contributed by atoms with E-state index < -0.39 is 34.2 Å². The van der Waals surface area contributed by atoms with Crippen molar-refractivity contribution in [2.24, 2.45) is 5.92 Å². The number of benzene rings is 1. The van der Waals surface area contributed by atoms with Crippen LogP contribution in [0.15, 0.2) is 24.3 Å². The summed E-state index contributed by atoms with van der Waals surface area (Å²) in [6, 6.07) is 3.63. The molecule has 0 spiro atoms. The van der Waals surface area contributed by atoms with Gasteiger partial charge in [-0.25, -0.2) is 8.42 Å². The van der Waals surface area contributed by atoms with Crippen molar-refractivity contribution >= 4 is 21.4 Å².